The Bertz CT molecular complexity index is 429. The van der Waals surface area contributed by atoms with E-state index >= 15 is 0 Å². The lowest BCUT2D eigenvalue weighted by Gasteiger charge is -2.35. The molecule has 0 N–H and O–H groups in total. The minimum atomic E-state index is 0.682. The van der Waals surface area contributed by atoms with E-state index in [4.69, 9.17) is 0 Å². The Kier molecular flexibility index (Phi) is 4.74. The van der Waals surface area contributed by atoms with Crippen LogP contribution in [-0.4, -0.2) is 42.5 Å². The van der Waals surface area contributed by atoms with Gasteiger partial charge in [-0.1, -0.05) is 31.2 Å². The van der Waals surface area contributed by atoms with Crippen molar-refractivity contribution in [2.45, 2.75) is 45.1 Å². The maximum atomic E-state index is 2.76. The zero-order chi connectivity index (χ0) is 13.8. The molecule has 2 nitrogen and oxygen atoms in total. The van der Waals surface area contributed by atoms with Crippen LogP contribution >= 0.6 is 0 Å². The van der Waals surface area contributed by atoms with Gasteiger partial charge in [0.15, 0.2) is 0 Å². The number of rotatable bonds is 3. The topological polar surface area (TPSA) is 6.48 Å². The molecule has 1 aliphatic heterocycles. The maximum absolute atomic E-state index is 2.76. The van der Waals surface area contributed by atoms with Gasteiger partial charge >= 0.3 is 0 Å². The highest BCUT2D eigenvalue weighted by Crippen LogP contribution is 2.34. The third-order valence-corrected chi connectivity index (χ3v) is 4.94. The Balaban J connectivity index is 1.71. The van der Waals surface area contributed by atoms with Crippen molar-refractivity contribution in [1.82, 2.24) is 9.80 Å². The van der Waals surface area contributed by atoms with Crippen LogP contribution < -0.4 is 0 Å². The summed E-state index contributed by atoms with van der Waals surface area (Å²) in [7, 11) is 0. The van der Waals surface area contributed by atoms with Crippen molar-refractivity contribution >= 4 is 0 Å². The summed E-state index contributed by atoms with van der Waals surface area (Å²) in [5.41, 5.74) is 3.21. The quantitative estimate of drug-likeness (QED) is 0.831. The Hall–Kier alpha value is -0.860. The molecule has 0 spiro atoms. The highest BCUT2D eigenvalue weighted by atomic mass is 15.2. The molecule has 0 unspecified atom stereocenters. The van der Waals surface area contributed by atoms with Crippen LogP contribution in [0.3, 0.4) is 0 Å². The summed E-state index contributed by atoms with van der Waals surface area (Å²) in [6.07, 6.45) is 6.61. The largest absolute Gasteiger partial charge is 0.302 e. The minimum Gasteiger partial charge on any atom is -0.302 e. The van der Waals surface area contributed by atoms with Crippen molar-refractivity contribution in [3.05, 3.63) is 35.4 Å². The van der Waals surface area contributed by atoms with Gasteiger partial charge in [0.25, 0.3) is 0 Å². The normalized spacial score (nSPS) is 25.1. The van der Waals surface area contributed by atoms with E-state index in [1.54, 1.807) is 11.1 Å². The maximum Gasteiger partial charge on any atom is 0.0351 e. The lowest BCUT2D eigenvalue weighted by molar-refractivity contribution is 0.181. The van der Waals surface area contributed by atoms with Crippen molar-refractivity contribution in [3.63, 3.8) is 0 Å². The van der Waals surface area contributed by atoms with Crippen LogP contribution in [0.1, 0.15) is 49.8 Å². The Morgan fingerprint density at radius 1 is 1.05 bits per heavy atom. The fourth-order valence-corrected chi connectivity index (χ4v) is 3.95. The van der Waals surface area contributed by atoms with Crippen LogP contribution in [0.2, 0.25) is 0 Å². The van der Waals surface area contributed by atoms with Crippen molar-refractivity contribution in [1.29, 1.82) is 0 Å². The van der Waals surface area contributed by atoms with Gasteiger partial charge in [-0.3, -0.25) is 4.90 Å². The number of aryl methyl sites for hydroxylation is 1. The summed E-state index contributed by atoms with van der Waals surface area (Å²) in [6, 6.07) is 9.81. The molecule has 20 heavy (non-hydrogen) atoms. The van der Waals surface area contributed by atoms with E-state index in [-0.39, 0.29) is 0 Å². The molecule has 1 aromatic rings. The summed E-state index contributed by atoms with van der Waals surface area (Å²) in [5.74, 6) is 0. The van der Waals surface area contributed by atoms with Gasteiger partial charge in [0.2, 0.25) is 0 Å². The van der Waals surface area contributed by atoms with Crippen LogP contribution in [0.5, 0.6) is 0 Å². The van der Waals surface area contributed by atoms with E-state index in [1.165, 1.54) is 64.8 Å². The molecule has 1 aliphatic carbocycles. The van der Waals surface area contributed by atoms with Gasteiger partial charge in [-0.25, -0.2) is 0 Å². The van der Waals surface area contributed by atoms with E-state index in [0.717, 1.165) is 0 Å². The van der Waals surface area contributed by atoms with E-state index < -0.39 is 0 Å². The van der Waals surface area contributed by atoms with E-state index in [2.05, 4.69) is 41.0 Å². The molecule has 2 heteroatoms. The summed E-state index contributed by atoms with van der Waals surface area (Å²) >= 11 is 0. The van der Waals surface area contributed by atoms with Gasteiger partial charge < -0.3 is 4.90 Å². The van der Waals surface area contributed by atoms with E-state index in [1.807, 2.05) is 0 Å². The van der Waals surface area contributed by atoms with Gasteiger partial charge in [0, 0.05) is 25.7 Å². The molecule has 1 fully saturated rings. The Labute approximate surface area is 123 Å². The summed E-state index contributed by atoms with van der Waals surface area (Å²) in [6.45, 7) is 8.64. The molecule has 1 saturated heterocycles. The van der Waals surface area contributed by atoms with Gasteiger partial charge in [0.1, 0.15) is 0 Å². The van der Waals surface area contributed by atoms with Crippen LogP contribution in [-0.2, 0) is 6.42 Å². The van der Waals surface area contributed by atoms with Crippen LogP contribution in [0.15, 0.2) is 24.3 Å². The number of benzene rings is 1. The second kappa shape index (κ2) is 6.73. The molecule has 1 atom stereocenters. The molecule has 3 rings (SSSR count). The molecular weight excluding hydrogens is 244 g/mol. The molecule has 0 saturated carbocycles. The zero-order valence-electron chi connectivity index (χ0n) is 12.9. The van der Waals surface area contributed by atoms with Crippen molar-refractivity contribution in [2.24, 2.45) is 0 Å². The third kappa shape index (κ3) is 3.07. The highest BCUT2D eigenvalue weighted by Gasteiger charge is 2.26. The first-order chi connectivity index (χ1) is 9.88. The van der Waals surface area contributed by atoms with Crippen molar-refractivity contribution in [2.75, 3.05) is 32.7 Å². The monoisotopic (exact) mass is 272 g/mol. The van der Waals surface area contributed by atoms with Gasteiger partial charge in [-0.2, -0.15) is 0 Å². The molecule has 0 amide bonds. The van der Waals surface area contributed by atoms with Crippen LogP contribution in [0, 0.1) is 0 Å². The summed E-state index contributed by atoms with van der Waals surface area (Å²) in [5, 5.41) is 0. The van der Waals surface area contributed by atoms with Crippen LogP contribution in [0.4, 0.5) is 0 Å². The first-order valence-electron chi connectivity index (χ1n) is 8.42. The Morgan fingerprint density at radius 2 is 1.95 bits per heavy atom. The second-order valence-electron chi connectivity index (χ2n) is 6.34. The second-order valence-corrected chi connectivity index (χ2v) is 6.34. The molecule has 0 bridgehead atoms. The SMILES string of the molecule is CCCN1CCCN([C@H]2CCCc3ccccc32)CC1. The molecule has 1 aromatic carbocycles. The molecule has 0 aromatic heterocycles. The van der Waals surface area contributed by atoms with Crippen LogP contribution in [0.25, 0.3) is 0 Å². The average molecular weight is 272 g/mol. The molecule has 2 aliphatic rings. The zero-order valence-corrected chi connectivity index (χ0v) is 12.9. The number of hydrogen-bond acceptors (Lipinski definition) is 2. The standard InChI is InChI=1S/C18H28N2/c1-2-11-19-12-6-13-20(15-14-19)18-10-5-8-16-7-3-4-9-17(16)18/h3-4,7,9,18H,2,5-6,8,10-15H2,1H3/t18-/m0/s1. The number of hydrogen-bond donors (Lipinski definition) is 0. The van der Waals surface area contributed by atoms with Crippen molar-refractivity contribution < 1.29 is 0 Å². The Morgan fingerprint density at radius 3 is 2.85 bits per heavy atom. The fourth-order valence-electron chi connectivity index (χ4n) is 3.95. The van der Waals surface area contributed by atoms with Crippen molar-refractivity contribution in [3.8, 4) is 0 Å². The summed E-state index contributed by atoms with van der Waals surface area (Å²) < 4.78 is 0. The molecular formula is C18H28N2. The highest BCUT2D eigenvalue weighted by molar-refractivity contribution is 5.32. The summed E-state index contributed by atoms with van der Waals surface area (Å²) in [4.78, 5) is 5.41. The average Bonchev–Trinajstić information content (AvgIpc) is 2.73. The third-order valence-electron chi connectivity index (χ3n) is 4.94. The minimum absolute atomic E-state index is 0.682. The lowest BCUT2D eigenvalue weighted by Crippen LogP contribution is -2.35. The van der Waals surface area contributed by atoms with Gasteiger partial charge in [0.05, 0.1) is 0 Å². The van der Waals surface area contributed by atoms with Gasteiger partial charge in [-0.05, 0) is 56.3 Å². The smallest absolute Gasteiger partial charge is 0.0351 e. The fraction of sp³-hybridized carbons (Fsp3) is 0.667. The van der Waals surface area contributed by atoms with E-state index in [9.17, 15) is 0 Å². The predicted octanol–water partition coefficient (Wildman–Crippen LogP) is 3.48. The predicted molar refractivity (Wildman–Crippen MR) is 85.0 cm³/mol. The molecule has 110 valence electrons. The number of nitrogens with zero attached hydrogens (tertiary/aromatic N) is 2. The van der Waals surface area contributed by atoms with Gasteiger partial charge in [-0.15, -0.1) is 0 Å². The molecule has 1 heterocycles. The first kappa shape index (κ1) is 14.1. The molecule has 0 radical (unpaired) electrons. The van der Waals surface area contributed by atoms with E-state index in [0.29, 0.717) is 6.04 Å². The first-order valence-corrected chi connectivity index (χ1v) is 8.42. The lowest BCUT2D eigenvalue weighted by atomic mass is 9.87. The number of fused-ring (bicyclic) bond motifs is 1.